The molecule has 0 aromatic carbocycles. The Hall–Kier alpha value is -1.02. The SMILES string of the molecule is CN(C)C1CCN(Cc2csc(C(=O)NN)n2)CC1. The zero-order valence-corrected chi connectivity index (χ0v) is 12.2. The van der Waals surface area contributed by atoms with Crippen molar-refractivity contribution < 1.29 is 4.79 Å². The number of aromatic nitrogens is 1. The van der Waals surface area contributed by atoms with Gasteiger partial charge >= 0.3 is 0 Å². The number of nitrogens with one attached hydrogen (secondary N) is 1. The van der Waals surface area contributed by atoms with E-state index in [1.54, 1.807) is 0 Å². The summed E-state index contributed by atoms with van der Waals surface area (Å²) in [6.07, 6.45) is 2.38. The molecule has 0 spiro atoms. The molecular formula is C12H21N5OS. The molecule has 19 heavy (non-hydrogen) atoms. The first-order valence-corrected chi connectivity index (χ1v) is 7.32. The summed E-state index contributed by atoms with van der Waals surface area (Å²) in [6.45, 7) is 2.98. The molecule has 0 radical (unpaired) electrons. The number of hydrazine groups is 1. The van der Waals surface area contributed by atoms with Gasteiger partial charge in [-0.25, -0.2) is 10.8 Å². The zero-order valence-electron chi connectivity index (χ0n) is 11.4. The molecule has 2 rings (SSSR count). The molecule has 2 heterocycles. The second kappa shape index (κ2) is 6.42. The Morgan fingerprint density at radius 3 is 2.84 bits per heavy atom. The van der Waals surface area contributed by atoms with Crippen molar-refractivity contribution in [2.24, 2.45) is 5.84 Å². The zero-order chi connectivity index (χ0) is 13.8. The van der Waals surface area contributed by atoms with Gasteiger partial charge in [-0.2, -0.15) is 0 Å². The molecule has 1 aliphatic rings. The highest BCUT2D eigenvalue weighted by molar-refractivity contribution is 7.11. The molecule has 0 aliphatic carbocycles. The second-order valence-corrected chi connectivity index (χ2v) is 5.95. The molecule has 3 N–H and O–H groups in total. The minimum absolute atomic E-state index is 0.317. The Labute approximate surface area is 117 Å². The lowest BCUT2D eigenvalue weighted by molar-refractivity contribution is 0.0952. The smallest absolute Gasteiger partial charge is 0.294 e. The van der Waals surface area contributed by atoms with Crippen LogP contribution in [0.25, 0.3) is 0 Å². The number of amides is 1. The summed E-state index contributed by atoms with van der Waals surface area (Å²) in [5.41, 5.74) is 3.06. The van der Waals surface area contributed by atoms with Crippen LogP contribution in [0.3, 0.4) is 0 Å². The van der Waals surface area contributed by atoms with Crippen LogP contribution in [0, 0.1) is 0 Å². The van der Waals surface area contributed by atoms with E-state index in [1.807, 2.05) is 5.38 Å². The van der Waals surface area contributed by atoms with Crippen LogP contribution in [0.5, 0.6) is 0 Å². The number of likely N-dealkylation sites (tertiary alicyclic amines) is 1. The first-order chi connectivity index (χ1) is 9.10. The molecule has 1 aliphatic heterocycles. The minimum atomic E-state index is -0.317. The Kier molecular flexibility index (Phi) is 4.87. The molecule has 0 bridgehead atoms. The van der Waals surface area contributed by atoms with E-state index in [1.165, 1.54) is 24.2 Å². The Morgan fingerprint density at radius 1 is 1.58 bits per heavy atom. The summed E-state index contributed by atoms with van der Waals surface area (Å²) in [7, 11) is 4.27. The predicted octanol–water partition coefficient (Wildman–Crippen LogP) is 0.273. The average Bonchev–Trinajstić information content (AvgIpc) is 2.87. The van der Waals surface area contributed by atoms with E-state index in [2.05, 4.69) is 34.3 Å². The van der Waals surface area contributed by atoms with Crippen molar-refractivity contribution in [3.63, 3.8) is 0 Å². The second-order valence-electron chi connectivity index (χ2n) is 5.09. The van der Waals surface area contributed by atoms with Gasteiger partial charge in [-0.3, -0.25) is 15.1 Å². The first kappa shape index (κ1) is 14.4. The van der Waals surface area contributed by atoms with Crippen molar-refractivity contribution in [2.45, 2.75) is 25.4 Å². The summed E-state index contributed by atoms with van der Waals surface area (Å²) < 4.78 is 0. The van der Waals surface area contributed by atoms with E-state index >= 15 is 0 Å². The number of nitrogens with two attached hydrogens (primary N) is 1. The highest BCUT2D eigenvalue weighted by Crippen LogP contribution is 2.17. The summed E-state index contributed by atoms with van der Waals surface area (Å²) in [5, 5.41) is 2.36. The number of carbonyl (C=O) groups excluding carboxylic acids is 1. The van der Waals surface area contributed by atoms with E-state index < -0.39 is 0 Å². The molecule has 1 amide bonds. The van der Waals surface area contributed by atoms with Gasteiger partial charge in [-0.15, -0.1) is 11.3 Å². The van der Waals surface area contributed by atoms with Crippen LogP contribution < -0.4 is 11.3 Å². The number of rotatable bonds is 4. The molecule has 6 nitrogen and oxygen atoms in total. The highest BCUT2D eigenvalue weighted by atomic mass is 32.1. The van der Waals surface area contributed by atoms with Crippen LogP contribution in [0.15, 0.2) is 5.38 Å². The molecule has 0 saturated carbocycles. The van der Waals surface area contributed by atoms with E-state index in [9.17, 15) is 4.79 Å². The Morgan fingerprint density at radius 2 is 2.26 bits per heavy atom. The Balaban J connectivity index is 1.85. The first-order valence-electron chi connectivity index (χ1n) is 6.44. The fourth-order valence-electron chi connectivity index (χ4n) is 2.37. The van der Waals surface area contributed by atoms with Crippen molar-refractivity contribution in [2.75, 3.05) is 27.2 Å². The van der Waals surface area contributed by atoms with Crippen LogP contribution in [0.1, 0.15) is 28.3 Å². The molecule has 7 heteroatoms. The minimum Gasteiger partial charge on any atom is -0.306 e. The number of nitrogen functional groups attached to an aromatic ring is 1. The van der Waals surface area contributed by atoms with Gasteiger partial charge in [-0.05, 0) is 26.9 Å². The lowest BCUT2D eigenvalue weighted by Gasteiger charge is -2.34. The molecule has 0 unspecified atom stereocenters. The molecular weight excluding hydrogens is 262 g/mol. The monoisotopic (exact) mass is 283 g/mol. The number of hydrogen-bond donors (Lipinski definition) is 2. The fraction of sp³-hybridized carbons (Fsp3) is 0.667. The summed E-state index contributed by atoms with van der Waals surface area (Å²) in [4.78, 5) is 20.3. The topological polar surface area (TPSA) is 74.5 Å². The number of piperidine rings is 1. The van der Waals surface area contributed by atoms with Gasteiger partial charge in [-0.1, -0.05) is 0 Å². The number of thiazole rings is 1. The van der Waals surface area contributed by atoms with Gasteiger partial charge in [0.05, 0.1) is 5.69 Å². The van der Waals surface area contributed by atoms with Gasteiger partial charge in [0.2, 0.25) is 0 Å². The molecule has 1 aromatic heterocycles. The van der Waals surface area contributed by atoms with E-state index in [-0.39, 0.29) is 5.91 Å². The standard InChI is InChI=1S/C12H21N5OS/c1-16(2)10-3-5-17(6-4-10)7-9-8-19-12(14-9)11(18)15-13/h8,10H,3-7,13H2,1-2H3,(H,15,18). The number of carbonyl (C=O) groups is 1. The van der Waals surface area contributed by atoms with Crippen molar-refractivity contribution in [3.8, 4) is 0 Å². The van der Waals surface area contributed by atoms with Crippen LogP contribution in [0.2, 0.25) is 0 Å². The average molecular weight is 283 g/mol. The van der Waals surface area contributed by atoms with E-state index in [0.29, 0.717) is 11.0 Å². The molecule has 0 atom stereocenters. The maximum atomic E-state index is 11.3. The lowest BCUT2D eigenvalue weighted by Crippen LogP contribution is -2.41. The van der Waals surface area contributed by atoms with Crippen LogP contribution in [0.4, 0.5) is 0 Å². The van der Waals surface area contributed by atoms with Gasteiger partial charge in [0.25, 0.3) is 5.91 Å². The third-order valence-electron chi connectivity index (χ3n) is 3.55. The maximum Gasteiger partial charge on any atom is 0.294 e. The van der Waals surface area contributed by atoms with Crippen molar-refractivity contribution >= 4 is 17.2 Å². The van der Waals surface area contributed by atoms with Crippen LogP contribution in [-0.2, 0) is 6.54 Å². The molecule has 1 aromatic rings. The highest BCUT2D eigenvalue weighted by Gasteiger charge is 2.21. The van der Waals surface area contributed by atoms with Crippen LogP contribution >= 0.6 is 11.3 Å². The van der Waals surface area contributed by atoms with Gasteiger partial charge < -0.3 is 4.90 Å². The largest absolute Gasteiger partial charge is 0.306 e. The van der Waals surface area contributed by atoms with Gasteiger partial charge in [0.1, 0.15) is 0 Å². The fourth-order valence-corrected chi connectivity index (χ4v) is 3.08. The quantitative estimate of drug-likeness (QED) is 0.471. The van der Waals surface area contributed by atoms with E-state index in [0.717, 1.165) is 25.3 Å². The van der Waals surface area contributed by atoms with Crippen LogP contribution in [-0.4, -0.2) is 53.9 Å². The van der Waals surface area contributed by atoms with Crippen molar-refractivity contribution in [1.82, 2.24) is 20.2 Å². The summed E-state index contributed by atoms with van der Waals surface area (Å²) in [6, 6.07) is 0.685. The van der Waals surface area contributed by atoms with Crippen molar-refractivity contribution in [1.29, 1.82) is 0 Å². The summed E-state index contributed by atoms with van der Waals surface area (Å²) >= 11 is 1.34. The van der Waals surface area contributed by atoms with E-state index in [4.69, 9.17) is 5.84 Å². The Bertz CT molecular complexity index is 426. The summed E-state index contributed by atoms with van der Waals surface area (Å²) in [5.74, 6) is 4.78. The third-order valence-corrected chi connectivity index (χ3v) is 4.44. The molecule has 1 saturated heterocycles. The van der Waals surface area contributed by atoms with Gasteiger partial charge in [0, 0.05) is 31.1 Å². The van der Waals surface area contributed by atoms with Gasteiger partial charge in [0.15, 0.2) is 5.01 Å². The molecule has 106 valence electrons. The van der Waals surface area contributed by atoms with Crippen molar-refractivity contribution in [3.05, 3.63) is 16.1 Å². The molecule has 1 fully saturated rings. The predicted molar refractivity (Wildman–Crippen MR) is 75.8 cm³/mol. The number of hydrogen-bond acceptors (Lipinski definition) is 6. The third kappa shape index (κ3) is 3.73. The lowest BCUT2D eigenvalue weighted by atomic mass is 10.0. The number of nitrogens with zero attached hydrogens (tertiary/aromatic N) is 3. The maximum absolute atomic E-state index is 11.3. The normalized spacial score (nSPS) is 17.9.